The van der Waals surface area contributed by atoms with E-state index in [1.165, 1.54) is 38.2 Å². The fraction of sp³-hybridized carbons (Fsp3) is 0.455. The van der Waals surface area contributed by atoms with E-state index >= 15 is 0 Å². The second kappa shape index (κ2) is 15.5. The summed E-state index contributed by atoms with van der Waals surface area (Å²) in [5.74, 6) is -8.39. The molecular formula is C33H40F2N4O10. The number of nitrogens with zero attached hydrogens (tertiary/aromatic N) is 2. The van der Waals surface area contributed by atoms with Gasteiger partial charge in [0.15, 0.2) is 34.6 Å². The minimum absolute atomic E-state index is 0.0590. The molecule has 266 valence electrons. The number of fused-ring (bicyclic) bond motifs is 1. The first-order valence-corrected chi connectivity index (χ1v) is 15.6. The molecule has 0 radical (unpaired) electrons. The van der Waals surface area contributed by atoms with Crippen LogP contribution in [0, 0.1) is 23.5 Å². The van der Waals surface area contributed by atoms with E-state index in [2.05, 4.69) is 10.6 Å². The predicted octanol–water partition coefficient (Wildman–Crippen LogP) is 1.83. The molecule has 0 spiro atoms. The highest BCUT2D eigenvalue weighted by molar-refractivity contribution is 6.00. The first kappa shape index (κ1) is 36.9. The van der Waals surface area contributed by atoms with Gasteiger partial charge in [-0.3, -0.25) is 19.3 Å². The van der Waals surface area contributed by atoms with Crippen molar-refractivity contribution in [3.05, 3.63) is 58.3 Å². The van der Waals surface area contributed by atoms with Gasteiger partial charge < -0.3 is 45.4 Å². The lowest BCUT2D eigenvalue weighted by atomic mass is 9.77. The maximum absolute atomic E-state index is 14.9. The number of β-lactam (4-membered cyclic amide) rings is 1. The molecule has 1 saturated heterocycles. The van der Waals surface area contributed by atoms with Gasteiger partial charge in [-0.15, -0.1) is 0 Å². The average molecular weight is 691 g/mol. The lowest BCUT2D eigenvalue weighted by Crippen LogP contribution is -2.63. The SMILES string of the molecule is COc1ccc(C(=O)NCCCN(CCCNC(=O)c2ccc(O)c(O)c2F)CC2=C(C(=O)O)N3C(=O)C(C(C)O)[C@H]3[C@H]2C)c(F)c1OC. The molecule has 0 aromatic heterocycles. The van der Waals surface area contributed by atoms with Gasteiger partial charge in [0.2, 0.25) is 5.91 Å². The van der Waals surface area contributed by atoms with E-state index in [0.717, 1.165) is 12.1 Å². The van der Waals surface area contributed by atoms with Crippen molar-refractivity contribution in [1.29, 1.82) is 0 Å². The van der Waals surface area contributed by atoms with Crippen LogP contribution in [0.2, 0.25) is 0 Å². The van der Waals surface area contributed by atoms with Crippen LogP contribution in [-0.2, 0) is 9.59 Å². The Morgan fingerprint density at radius 2 is 1.53 bits per heavy atom. The summed E-state index contributed by atoms with van der Waals surface area (Å²) in [4.78, 5) is 53.5. The van der Waals surface area contributed by atoms with Gasteiger partial charge in [0, 0.05) is 38.6 Å². The zero-order valence-electron chi connectivity index (χ0n) is 27.5. The van der Waals surface area contributed by atoms with Crippen LogP contribution < -0.4 is 20.1 Å². The number of aromatic hydroxyl groups is 2. The number of phenols is 2. The average Bonchev–Trinajstić information content (AvgIpc) is 3.30. The number of carboxylic acids is 1. The second-order valence-corrected chi connectivity index (χ2v) is 11.9. The zero-order chi connectivity index (χ0) is 36.2. The predicted molar refractivity (Wildman–Crippen MR) is 169 cm³/mol. The quantitative estimate of drug-likeness (QED) is 0.0854. The van der Waals surface area contributed by atoms with Crippen molar-refractivity contribution in [2.75, 3.05) is 46.9 Å². The number of rotatable bonds is 16. The molecule has 0 bridgehead atoms. The van der Waals surface area contributed by atoms with Gasteiger partial charge >= 0.3 is 5.97 Å². The molecule has 14 nitrogen and oxygen atoms in total. The number of hydrogen-bond acceptors (Lipinski definition) is 10. The Labute approximate surface area is 280 Å². The first-order chi connectivity index (χ1) is 23.2. The number of nitrogens with one attached hydrogen (secondary N) is 2. The Morgan fingerprint density at radius 1 is 0.959 bits per heavy atom. The fourth-order valence-electron chi connectivity index (χ4n) is 6.36. The number of halogens is 2. The van der Waals surface area contributed by atoms with Gasteiger partial charge in [0.25, 0.3) is 11.8 Å². The Balaban J connectivity index is 1.44. The molecular weight excluding hydrogens is 650 g/mol. The first-order valence-electron chi connectivity index (χ1n) is 15.6. The van der Waals surface area contributed by atoms with Crippen LogP contribution in [0.1, 0.15) is 47.4 Å². The maximum Gasteiger partial charge on any atom is 0.352 e. The van der Waals surface area contributed by atoms with Crippen LogP contribution in [0.5, 0.6) is 23.0 Å². The molecule has 2 aliphatic rings. The molecule has 4 rings (SSSR count). The monoisotopic (exact) mass is 690 g/mol. The number of ether oxygens (including phenoxy) is 2. The van der Waals surface area contributed by atoms with E-state index in [9.17, 15) is 48.4 Å². The van der Waals surface area contributed by atoms with Crippen LogP contribution in [-0.4, -0.2) is 113 Å². The van der Waals surface area contributed by atoms with E-state index in [0.29, 0.717) is 31.5 Å². The number of phenolic OH excluding ortho intramolecular Hbond substituents is 2. The third-order valence-corrected chi connectivity index (χ3v) is 8.85. The Bertz CT molecular complexity index is 1650. The van der Waals surface area contributed by atoms with Crippen molar-refractivity contribution < 1.29 is 57.9 Å². The summed E-state index contributed by atoms with van der Waals surface area (Å²) in [7, 11) is 2.59. The van der Waals surface area contributed by atoms with E-state index in [1.807, 2.05) is 4.90 Å². The van der Waals surface area contributed by atoms with E-state index in [-0.39, 0.29) is 48.3 Å². The molecule has 2 aromatic rings. The summed E-state index contributed by atoms with van der Waals surface area (Å²) in [6.07, 6.45) is -0.311. The molecule has 2 heterocycles. The highest BCUT2D eigenvalue weighted by Crippen LogP contribution is 2.47. The number of aliphatic hydroxyl groups is 1. The minimum atomic E-state index is -1.28. The second-order valence-electron chi connectivity index (χ2n) is 11.9. The highest BCUT2D eigenvalue weighted by Gasteiger charge is 2.59. The van der Waals surface area contributed by atoms with Gasteiger partial charge in [0.1, 0.15) is 5.70 Å². The van der Waals surface area contributed by atoms with Crippen molar-refractivity contribution in [3.8, 4) is 23.0 Å². The molecule has 16 heteroatoms. The molecule has 3 amide bonds. The van der Waals surface area contributed by atoms with Crippen molar-refractivity contribution in [3.63, 3.8) is 0 Å². The maximum atomic E-state index is 14.9. The van der Waals surface area contributed by atoms with Crippen molar-refractivity contribution >= 4 is 23.7 Å². The molecule has 2 aliphatic heterocycles. The molecule has 0 aliphatic carbocycles. The number of carbonyl (C=O) groups excluding carboxylic acids is 3. The topological polar surface area (TPSA) is 198 Å². The number of amides is 3. The van der Waals surface area contributed by atoms with Gasteiger partial charge in [-0.05, 0) is 49.6 Å². The Morgan fingerprint density at radius 3 is 2.06 bits per heavy atom. The van der Waals surface area contributed by atoms with Crippen LogP contribution in [0.4, 0.5) is 8.78 Å². The standard InChI is InChI=1S/C33H40F2N4O10/c1-16-20(27(33(46)47)39-26(16)23(17(2)40)32(39)45)15-38(13-5-11-36-30(43)18-7-9-21(41)28(42)24(18)34)14-6-12-37-31(44)19-8-10-22(48-3)29(49-4)25(19)35/h7-10,16-17,23,26,40-42H,5-6,11-15H2,1-4H3,(H,36,43)(H,37,44)(H,46,47)/t16-,17?,23?,26+/m0/s1. The van der Waals surface area contributed by atoms with Crippen LogP contribution >= 0.6 is 0 Å². The third-order valence-electron chi connectivity index (χ3n) is 8.85. The minimum Gasteiger partial charge on any atom is -0.504 e. The zero-order valence-corrected chi connectivity index (χ0v) is 27.5. The summed E-state index contributed by atoms with van der Waals surface area (Å²) < 4.78 is 39.3. The van der Waals surface area contributed by atoms with Crippen LogP contribution in [0.25, 0.3) is 0 Å². The van der Waals surface area contributed by atoms with E-state index in [1.54, 1.807) is 6.92 Å². The number of aliphatic carboxylic acids is 1. The molecule has 49 heavy (non-hydrogen) atoms. The fourth-order valence-corrected chi connectivity index (χ4v) is 6.36. The van der Waals surface area contributed by atoms with Gasteiger partial charge in [-0.1, -0.05) is 6.92 Å². The van der Waals surface area contributed by atoms with E-state index in [4.69, 9.17) is 9.47 Å². The van der Waals surface area contributed by atoms with Gasteiger partial charge in [-0.2, -0.15) is 0 Å². The number of carboxylic acid groups (broad SMARTS) is 1. The Hall–Kier alpha value is -4.96. The summed E-state index contributed by atoms with van der Waals surface area (Å²) in [6.45, 7) is 4.17. The summed E-state index contributed by atoms with van der Waals surface area (Å²) >= 11 is 0. The summed E-state index contributed by atoms with van der Waals surface area (Å²) in [6, 6.07) is 4.18. The summed E-state index contributed by atoms with van der Waals surface area (Å²) in [5, 5.41) is 44.5. The number of aliphatic hydroxyl groups excluding tert-OH is 1. The molecule has 4 atom stereocenters. The highest BCUT2D eigenvalue weighted by atomic mass is 19.1. The van der Waals surface area contributed by atoms with Gasteiger partial charge in [0.05, 0.1) is 43.4 Å². The normalized spacial score (nSPS) is 19.0. The Kier molecular flexibility index (Phi) is 11.7. The lowest BCUT2D eigenvalue weighted by molar-refractivity contribution is -0.163. The number of methoxy groups -OCH3 is 2. The molecule has 0 saturated carbocycles. The van der Waals surface area contributed by atoms with Crippen molar-refractivity contribution in [1.82, 2.24) is 20.4 Å². The van der Waals surface area contributed by atoms with Gasteiger partial charge in [-0.25, -0.2) is 13.6 Å². The largest absolute Gasteiger partial charge is 0.504 e. The lowest BCUT2D eigenvalue weighted by Gasteiger charge is -2.46. The molecule has 2 unspecified atom stereocenters. The third kappa shape index (κ3) is 7.39. The van der Waals surface area contributed by atoms with Crippen molar-refractivity contribution in [2.24, 2.45) is 11.8 Å². The summed E-state index contributed by atoms with van der Waals surface area (Å²) in [5.41, 5.74) is -0.373. The van der Waals surface area contributed by atoms with Crippen molar-refractivity contribution in [2.45, 2.75) is 38.8 Å². The number of benzene rings is 2. The number of hydrogen-bond donors (Lipinski definition) is 6. The van der Waals surface area contributed by atoms with Crippen LogP contribution in [0.15, 0.2) is 35.5 Å². The molecule has 2 aromatic carbocycles. The van der Waals surface area contributed by atoms with E-state index < -0.39 is 70.5 Å². The van der Waals surface area contributed by atoms with Crippen LogP contribution in [0.3, 0.4) is 0 Å². The smallest absolute Gasteiger partial charge is 0.352 e. The number of carbonyl (C=O) groups is 4. The molecule has 6 N–H and O–H groups in total. The molecule has 1 fully saturated rings.